The maximum atomic E-state index is 13.0. The van der Waals surface area contributed by atoms with Gasteiger partial charge in [-0.15, -0.1) is 0 Å². The molecule has 2 amide bonds. The minimum atomic E-state index is -0.620. The van der Waals surface area contributed by atoms with Gasteiger partial charge in [-0.05, 0) is 76.6 Å². The van der Waals surface area contributed by atoms with E-state index in [1.54, 1.807) is 0 Å². The van der Waals surface area contributed by atoms with Gasteiger partial charge in [0, 0.05) is 24.6 Å². The van der Waals surface area contributed by atoms with Crippen LogP contribution in [0.5, 0.6) is 0 Å². The zero-order valence-electron chi connectivity index (χ0n) is 18.9. The summed E-state index contributed by atoms with van der Waals surface area (Å²) in [7, 11) is 0. The Kier molecular flexibility index (Phi) is 5.50. The quantitative estimate of drug-likeness (QED) is 0.719. The maximum absolute atomic E-state index is 13.0. The van der Waals surface area contributed by atoms with Gasteiger partial charge in [0.1, 0.15) is 5.60 Å². The SMILES string of the molecule is C=C(C)c1ccc2c(c1)CCc1c(CC3CCCN(C(=O)OC(C)(C)C)C3=O)ncn1-2. The number of aromatic nitrogens is 2. The number of imide groups is 1. The fourth-order valence-electron chi connectivity index (χ4n) is 4.46. The Morgan fingerprint density at radius 2 is 2.06 bits per heavy atom. The minimum absolute atomic E-state index is 0.149. The summed E-state index contributed by atoms with van der Waals surface area (Å²) in [6.45, 7) is 11.9. The second kappa shape index (κ2) is 7.98. The van der Waals surface area contributed by atoms with Crippen LogP contribution in [0.2, 0.25) is 0 Å². The second-order valence-corrected chi connectivity index (χ2v) is 9.65. The molecule has 4 rings (SSSR count). The summed E-state index contributed by atoms with van der Waals surface area (Å²) in [5, 5.41) is 0. The molecular weight excluding hydrogens is 390 g/mol. The molecule has 1 unspecified atom stereocenters. The summed E-state index contributed by atoms with van der Waals surface area (Å²) < 4.78 is 7.58. The molecule has 1 aromatic heterocycles. The Labute approximate surface area is 183 Å². The van der Waals surface area contributed by atoms with Crippen LogP contribution in [0.15, 0.2) is 31.1 Å². The van der Waals surface area contributed by atoms with Crippen molar-refractivity contribution < 1.29 is 14.3 Å². The third-order valence-corrected chi connectivity index (χ3v) is 6.02. The number of likely N-dealkylation sites (tertiary alicyclic amines) is 1. The molecule has 31 heavy (non-hydrogen) atoms. The van der Waals surface area contributed by atoms with E-state index in [0.717, 1.165) is 53.9 Å². The van der Waals surface area contributed by atoms with Crippen molar-refractivity contribution in [1.82, 2.24) is 14.5 Å². The maximum Gasteiger partial charge on any atom is 0.417 e. The molecule has 0 aliphatic carbocycles. The topological polar surface area (TPSA) is 64.4 Å². The highest BCUT2D eigenvalue weighted by Gasteiger charge is 2.36. The van der Waals surface area contributed by atoms with Gasteiger partial charge in [-0.25, -0.2) is 14.7 Å². The van der Waals surface area contributed by atoms with E-state index < -0.39 is 11.7 Å². The first-order valence-corrected chi connectivity index (χ1v) is 11.0. The molecule has 1 saturated heterocycles. The summed E-state index contributed by atoms with van der Waals surface area (Å²) in [4.78, 5) is 31.4. The van der Waals surface area contributed by atoms with Crippen molar-refractivity contribution in [2.75, 3.05) is 6.54 Å². The zero-order valence-corrected chi connectivity index (χ0v) is 18.9. The Hall–Kier alpha value is -2.89. The van der Waals surface area contributed by atoms with Crippen LogP contribution in [0.1, 0.15) is 63.1 Å². The van der Waals surface area contributed by atoms with Crippen LogP contribution >= 0.6 is 0 Å². The molecular formula is C25H31N3O3. The highest BCUT2D eigenvalue weighted by molar-refractivity contribution is 5.94. The number of carbonyl (C=O) groups excluding carboxylic acids is 2. The van der Waals surface area contributed by atoms with Gasteiger partial charge in [0.05, 0.1) is 17.7 Å². The van der Waals surface area contributed by atoms with Crippen molar-refractivity contribution in [3.05, 3.63) is 53.6 Å². The fourth-order valence-corrected chi connectivity index (χ4v) is 4.46. The molecule has 6 heteroatoms. The molecule has 1 fully saturated rings. The van der Waals surface area contributed by atoms with E-state index in [-0.39, 0.29) is 11.8 Å². The summed E-state index contributed by atoms with van der Waals surface area (Å²) in [5.41, 5.74) is 6.17. The van der Waals surface area contributed by atoms with E-state index in [2.05, 4.69) is 34.3 Å². The van der Waals surface area contributed by atoms with E-state index in [4.69, 9.17) is 4.74 Å². The first kappa shape index (κ1) is 21.3. The predicted octanol–water partition coefficient (Wildman–Crippen LogP) is 4.72. The average molecular weight is 422 g/mol. The summed E-state index contributed by atoms with van der Waals surface area (Å²) in [6.07, 6.45) is 5.26. The monoisotopic (exact) mass is 421 g/mol. The van der Waals surface area contributed by atoms with Gasteiger partial charge in [0.2, 0.25) is 5.91 Å². The molecule has 0 saturated carbocycles. The predicted molar refractivity (Wildman–Crippen MR) is 120 cm³/mol. The highest BCUT2D eigenvalue weighted by Crippen LogP contribution is 2.31. The number of piperidine rings is 1. The summed E-state index contributed by atoms with van der Waals surface area (Å²) in [5.74, 6) is -0.391. The molecule has 0 radical (unpaired) electrons. The van der Waals surface area contributed by atoms with E-state index in [1.807, 2.05) is 34.0 Å². The lowest BCUT2D eigenvalue weighted by molar-refractivity contribution is -0.137. The van der Waals surface area contributed by atoms with Gasteiger partial charge in [-0.2, -0.15) is 0 Å². The Morgan fingerprint density at radius 3 is 2.77 bits per heavy atom. The van der Waals surface area contributed by atoms with E-state index in [0.29, 0.717) is 13.0 Å². The molecule has 0 bridgehead atoms. The molecule has 0 N–H and O–H groups in total. The third kappa shape index (κ3) is 4.29. The van der Waals surface area contributed by atoms with Gasteiger partial charge in [0.25, 0.3) is 0 Å². The van der Waals surface area contributed by atoms with Crippen LogP contribution in [0.25, 0.3) is 11.3 Å². The molecule has 164 valence electrons. The van der Waals surface area contributed by atoms with Crippen molar-refractivity contribution in [2.24, 2.45) is 5.92 Å². The number of ether oxygens (including phenoxy) is 1. The van der Waals surface area contributed by atoms with Crippen molar-refractivity contribution in [3.63, 3.8) is 0 Å². The van der Waals surface area contributed by atoms with E-state index >= 15 is 0 Å². The van der Waals surface area contributed by atoms with Crippen LogP contribution in [0.3, 0.4) is 0 Å². The number of aryl methyl sites for hydroxylation is 1. The Morgan fingerprint density at radius 1 is 1.29 bits per heavy atom. The highest BCUT2D eigenvalue weighted by atomic mass is 16.6. The van der Waals surface area contributed by atoms with Crippen molar-refractivity contribution in [1.29, 1.82) is 0 Å². The lowest BCUT2D eigenvalue weighted by Crippen LogP contribution is -2.47. The Balaban J connectivity index is 1.53. The van der Waals surface area contributed by atoms with Gasteiger partial charge in [-0.3, -0.25) is 4.79 Å². The van der Waals surface area contributed by atoms with Crippen molar-refractivity contribution >= 4 is 17.6 Å². The number of hydrogen-bond donors (Lipinski definition) is 0. The standard InChI is InChI=1S/C25H31N3O3/c1-16(2)17-8-10-21-18(13-17)9-11-22-20(26-15-28(21)22)14-19-7-6-12-27(23(19)29)24(30)31-25(3,4)5/h8,10,13,15,19H,1,6-7,9,11-12,14H2,2-5H3. The molecule has 1 atom stereocenters. The van der Waals surface area contributed by atoms with Gasteiger partial charge < -0.3 is 9.30 Å². The summed E-state index contributed by atoms with van der Waals surface area (Å²) >= 11 is 0. The largest absolute Gasteiger partial charge is 0.443 e. The second-order valence-electron chi connectivity index (χ2n) is 9.65. The molecule has 6 nitrogen and oxygen atoms in total. The third-order valence-electron chi connectivity index (χ3n) is 6.02. The number of amides is 2. The van der Waals surface area contributed by atoms with Crippen LogP contribution in [-0.4, -0.2) is 38.6 Å². The number of imidazole rings is 1. The first-order chi connectivity index (χ1) is 14.6. The number of fused-ring (bicyclic) bond motifs is 3. The van der Waals surface area contributed by atoms with E-state index in [9.17, 15) is 9.59 Å². The number of rotatable bonds is 3. The van der Waals surface area contributed by atoms with Crippen molar-refractivity contribution in [3.8, 4) is 5.69 Å². The molecule has 0 spiro atoms. The molecule has 1 aromatic carbocycles. The average Bonchev–Trinajstić information content (AvgIpc) is 3.11. The molecule has 2 aliphatic heterocycles. The number of benzene rings is 1. The van der Waals surface area contributed by atoms with Crippen LogP contribution in [-0.2, 0) is 28.8 Å². The van der Waals surface area contributed by atoms with Gasteiger partial charge >= 0.3 is 6.09 Å². The van der Waals surface area contributed by atoms with E-state index in [1.165, 1.54) is 10.5 Å². The zero-order chi connectivity index (χ0) is 22.3. The molecule has 2 aromatic rings. The fraction of sp³-hybridized carbons (Fsp3) is 0.480. The molecule has 3 heterocycles. The lowest BCUT2D eigenvalue weighted by Gasteiger charge is -2.32. The van der Waals surface area contributed by atoms with Crippen LogP contribution in [0, 0.1) is 5.92 Å². The smallest absolute Gasteiger partial charge is 0.417 e. The minimum Gasteiger partial charge on any atom is -0.443 e. The number of hydrogen-bond acceptors (Lipinski definition) is 4. The van der Waals surface area contributed by atoms with Gasteiger partial charge in [-0.1, -0.05) is 18.2 Å². The first-order valence-electron chi connectivity index (χ1n) is 11.0. The number of nitrogens with zero attached hydrogens (tertiary/aromatic N) is 3. The van der Waals surface area contributed by atoms with Crippen LogP contribution < -0.4 is 0 Å². The lowest BCUT2D eigenvalue weighted by atomic mass is 9.90. The number of allylic oxidation sites excluding steroid dienone is 1. The van der Waals surface area contributed by atoms with Crippen LogP contribution in [0.4, 0.5) is 4.79 Å². The number of carbonyl (C=O) groups is 2. The Bertz CT molecular complexity index is 1040. The van der Waals surface area contributed by atoms with Gasteiger partial charge in [0.15, 0.2) is 0 Å². The van der Waals surface area contributed by atoms with Crippen molar-refractivity contribution in [2.45, 2.75) is 65.4 Å². The summed E-state index contributed by atoms with van der Waals surface area (Å²) in [6, 6.07) is 6.44. The normalized spacial score (nSPS) is 18.4. The molecule has 2 aliphatic rings.